The van der Waals surface area contributed by atoms with Gasteiger partial charge < -0.3 is 10.0 Å². The second-order valence-corrected chi connectivity index (χ2v) is 5.66. The SMILES string of the molecule is CC1CN(C(=O)c2cc3c(cc2O)CCCC3)C1. The van der Waals surface area contributed by atoms with Crippen LogP contribution in [0, 0.1) is 5.92 Å². The molecule has 0 atom stereocenters. The van der Waals surface area contributed by atoms with Crippen LogP contribution >= 0.6 is 0 Å². The predicted octanol–water partition coefficient (Wildman–Crippen LogP) is 2.36. The molecule has 1 heterocycles. The Morgan fingerprint density at radius 2 is 1.83 bits per heavy atom. The minimum Gasteiger partial charge on any atom is -0.507 e. The molecule has 3 rings (SSSR count). The molecule has 1 N–H and O–H groups in total. The Labute approximate surface area is 107 Å². The van der Waals surface area contributed by atoms with Crippen LogP contribution in [0.2, 0.25) is 0 Å². The van der Waals surface area contributed by atoms with Crippen LogP contribution in [0.25, 0.3) is 0 Å². The van der Waals surface area contributed by atoms with E-state index in [1.807, 2.05) is 11.0 Å². The van der Waals surface area contributed by atoms with Crippen molar-refractivity contribution in [3.05, 3.63) is 28.8 Å². The Morgan fingerprint density at radius 1 is 1.22 bits per heavy atom. The zero-order valence-corrected chi connectivity index (χ0v) is 10.8. The van der Waals surface area contributed by atoms with Gasteiger partial charge in [-0.2, -0.15) is 0 Å². The molecule has 0 saturated carbocycles. The number of likely N-dealkylation sites (tertiary alicyclic amines) is 1. The van der Waals surface area contributed by atoms with Crippen molar-refractivity contribution in [2.24, 2.45) is 5.92 Å². The molecule has 1 aromatic rings. The Bertz CT molecular complexity index is 490. The van der Waals surface area contributed by atoms with E-state index in [0.717, 1.165) is 25.9 Å². The van der Waals surface area contributed by atoms with Gasteiger partial charge in [-0.1, -0.05) is 6.92 Å². The first-order valence-electron chi connectivity index (χ1n) is 6.79. The van der Waals surface area contributed by atoms with Gasteiger partial charge in [0.05, 0.1) is 5.56 Å². The van der Waals surface area contributed by atoms with Gasteiger partial charge in [-0.25, -0.2) is 0 Å². The highest BCUT2D eigenvalue weighted by molar-refractivity contribution is 5.97. The summed E-state index contributed by atoms with van der Waals surface area (Å²) in [5.74, 6) is 0.730. The van der Waals surface area contributed by atoms with Crippen molar-refractivity contribution in [3.63, 3.8) is 0 Å². The Kier molecular flexibility index (Phi) is 2.77. The first-order chi connectivity index (χ1) is 8.65. The van der Waals surface area contributed by atoms with Crippen LogP contribution in [-0.2, 0) is 12.8 Å². The van der Waals surface area contributed by atoms with Crippen molar-refractivity contribution in [3.8, 4) is 5.75 Å². The van der Waals surface area contributed by atoms with Crippen molar-refractivity contribution in [2.45, 2.75) is 32.6 Å². The molecule has 1 saturated heterocycles. The summed E-state index contributed by atoms with van der Waals surface area (Å²) in [5.41, 5.74) is 2.95. The molecule has 3 nitrogen and oxygen atoms in total. The molecule has 2 aliphatic rings. The van der Waals surface area contributed by atoms with Crippen molar-refractivity contribution < 1.29 is 9.90 Å². The molecule has 0 spiro atoms. The van der Waals surface area contributed by atoms with Gasteiger partial charge in [-0.05, 0) is 54.9 Å². The molecule has 1 aromatic carbocycles. The number of fused-ring (bicyclic) bond motifs is 1. The fourth-order valence-corrected chi connectivity index (χ4v) is 2.98. The number of amides is 1. The number of phenols is 1. The van der Waals surface area contributed by atoms with Crippen molar-refractivity contribution in [2.75, 3.05) is 13.1 Å². The molecule has 0 unspecified atom stereocenters. The zero-order chi connectivity index (χ0) is 12.7. The number of nitrogens with zero attached hydrogens (tertiary/aromatic N) is 1. The summed E-state index contributed by atoms with van der Waals surface area (Å²) in [6, 6.07) is 3.71. The zero-order valence-electron chi connectivity index (χ0n) is 10.8. The molecule has 3 heteroatoms. The fraction of sp³-hybridized carbons (Fsp3) is 0.533. The van der Waals surface area contributed by atoms with E-state index < -0.39 is 0 Å². The van der Waals surface area contributed by atoms with E-state index in [0.29, 0.717) is 11.5 Å². The number of hydrogen-bond donors (Lipinski definition) is 1. The highest BCUT2D eigenvalue weighted by Crippen LogP contribution is 2.30. The molecule has 1 amide bonds. The number of aromatic hydroxyl groups is 1. The normalized spacial score (nSPS) is 19.3. The van der Waals surface area contributed by atoms with Crippen LogP contribution in [0.3, 0.4) is 0 Å². The van der Waals surface area contributed by atoms with Crippen molar-refractivity contribution >= 4 is 5.91 Å². The lowest BCUT2D eigenvalue weighted by Gasteiger charge is -2.37. The van der Waals surface area contributed by atoms with Crippen molar-refractivity contribution in [1.29, 1.82) is 0 Å². The van der Waals surface area contributed by atoms with Crippen LogP contribution in [-0.4, -0.2) is 29.0 Å². The Balaban J connectivity index is 1.89. The quantitative estimate of drug-likeness (QED) is 0.825. The largest absolute Gasteiger partial charge is 0.507 e. The predicted molar refractivity (Wildman–Crippen MR) is 69.8 cm³/mol. The van der Waals surface area contributed by atoms with Crippen molar-refractivity contribution in [1.82, 2.24) is 4.90 Å². The molecule has 1 aliphatic carbocycles. The van der Waals surface area contributed by atoms with E-state index in [2.05, 4.69) is 6.92 Å². The monoisotopic (exact) mass is 245 g/mol. The van der Waals surface area contributed by atoms with Gasteiger partial charge in [0.1, 0.15) is 5.75 Å². The van der Waals surface area contributed by atoms with Gasteiger partial charge in [-0.15, -0.1) is 0 Å². The topological polar surface area (TPSA) is 40.5 Å². The summed E-state index contributed by atoms with van der Waals surface area (Å²) in [6.07, 6.45) is 4.43. The summed E-state index contributed by atoms with van der Waals surface area (Å²) in [4.78, 5) is 14.1. The van der Waals surface area contributed by atoms with Crippen LogP contribution < -0.4 is 0 Å². The second-order valence-electron chi connectivity index (χ2n) is 5.66. The van der Waals surface area contributed by atoms with Gasteiger partial charge in [0, 0.05) is 13.1 Å². The Hall–Kier alpha value is -1.51. The third-order valence-electron chi connectivity index (χ3n) is 4.04. The van der Waals surface area contributed by atoms with E-state index in [-0.39, 0.29) is 11.7 Å². The van der Waals surface area contributed by atoms with Crippen LogP contribution in [0.1, 0.15) is 41.3 Å². The van der Waals surface area contributed by atoms with Gasteiger partial charge in [0.15, 0.2) is 0 Å². The molecular weight excluding hydrogens is 226 g/mol. The lowest BCUT2D eigenvalue weighted by molar-refractivity contribution is 0.0527. The summed E-state index contributed by atoms with van der Waals surface area (Å²) in [5, 5.41) is 10.0. The van der Waals surface area contributed by atoms with Crippen LogP contribution in [0.15, 0.2) is 12.1 Å². The second kappa shape index (κ2) is 4.30. The highest BCUT2D eigenvalue weighted by atomic mass is 16.3. The third kappa shape index (κ3) is 1.88. The maximum Gasteiger partial charge on any atom is 0.257 e. The van der Waals surface area contributed by atoms with Crippen LogP contribution in [0.5, 0.6) is 5.75 Å². The maximum atomic E-state index is 12.2. The summed E-state index contributed by atoms with van der Waals surface area (Å²) in [7, 11) is 0. The van der Waals surface area contributed by atoms with E-state index in [4.69, 9.17) is 0 Å². The number of carbonyl (C=O) groups is 1. The number of aryl methyl sites for hydroxylation is 2. The van der Waals surface area contributed by atoms with E-state index in [1.54, 1.807) is 6.07 Å². The third-order valence-corrected chi connectivity index (χ3v) is 4.04. The lowest BCUT2D eigenvalue weighted by atomic mass is 9.89. The van der Waals surface area contributed by atoms with Gasteiger partial charge in [-0.3, -0.25) is 4.79 Å². The summed E-state index contributed by atoms with van der Waals surface area (Å²) >= 11 is 0. The maximum absolute atomic E-state index is 12.2. The number of benzene rings is 1. The summed E-state index contributed by atoms with van der Waals surface area (Å²) in [6.45, 7) is 3.77. The van der Waals surface area contributed by atoms with Crippen LogP contribution in [0.4, 0.5) is 0 Å². The molecule has 96 valence electrons. The number of rotatable bonds is 1. The molecule has 0 aromatic heterocycles. The lowest BCUT2D eigenvalue weighted by Crippen LogP contribution is -2.48. The number of carbonyl (C=O) groups excluding carboxylic acids is 1. The molecule has 1 aliphatic heterocycles. The standard InChI is InChI=1S/C15H19NO2/c1-10-8-16(9-10)15(18)13-6-11-4-2-3-5-12(11)7-14(13)17/h6-7,10,17H,2-5,8-9H2,1H3. The average molecular weight is 245 g/mol. The number of hydrogen-bond acceptors (Lipinski definition) is 2. The highest BCUT2D eigenvalue weighted by Gasteiger charge is 2.29. The summed E-state index contributed by atoms with van der Waals surface area (Å²) < 4.78 is 0. The molecule has 0 radical (unpaired) electrons. The molecular formula is C15H19NO2. The Morgan fingerprint density at radius 3 is 2.44 bits per heavy atom. The van der Waals surface area contributed by atoms with E-state index >= 15 is 0 Å². The average Bonchev–Trinajstić information content (AvgIpc) is 2.33. The molecule has 18 heavy (non-hydrogen) atoms. The van der Waals surface area contributed by atoms with E-state index in [9.17, 15) is 9.90 Å². The number of phenolic OH excluding ortho intramolecular Hbond substituents is 1. The minimum absolute atomic E-state index is 0.0148. The molecule has 0 bridgehead atoms. The smallest absolute Gasteiger partial charge is 0.257 e. The van der Waals surface area contributed by atoms with E-state index in [1.165, 1.54) is 24.0 Å². The first kappa shape index (κ1) is 11.6. The molecule has 1 fully saturated rings. The first-order valence-corrected chi connectivity index (χ1v) is 6.79. The fourth-order valence-electron chi connectivity index (χ4n) is 2.98. The van der Waals surface area contributed by atoms with Gasteiger partial charge in [0.2, 0.25) is 0 Å². The van der Waals surface area contributed by atoms with Gasteiger partial charge >= 0.3 is 0 Å². The van der Waals surface area contributed by atoms with Gasteiger partial charge in [0.25, 0.3) is 5.91 Å². The minimum atomic E-state index is -0.0148.